The Bertz CT molecular complexity index is 272. The van der Waals surface area contributed by atoms with Crippen LogP contribution in [0.1, 0.15) is 13.3 Å². The van der Waals surface area contributed by atoms with Crippen LogP contribution in [0.15, 0.2) is 0 Å². The van der Waals surface area contributed by atoms with Crippen LogP contribution >= 0.6 is 0 Å². The highest BCUT2D eigenvalue weighted by atomic mass is 16.4. The lowest BCUT2D eigenvalue weighted by atomic mass is 10.2. The van der Waals surface area contributed by atoms with Gasteiger partial charge in [-0.05, 0) is 6.92 Å². The van der Waals surface area contributed by atoms with E-state index in [0.29, 0.717) is 0 Å². The van der Waals surface area contributed by atoms with Crippen molar-refractivity contribution < 1.29 is 19.8 Å². The Hall–Kier alpha value is -1.74. The number of aliphatic carboxylic acids is 1. The average molecular weight is 214 g/mol. The van der Waals surface area contributed by atoms with Gasteiger partial charge in [-0.15, -0.1) is 6.42 Å². The molecule has 0 aliphatic carbocycles. The maximum Gasteiger partial charge on any atom is 0.332 e. The van der Waals surface area contributed by atoms with Crippen molar-refractivity contribution in [3.8, 4) is 12.3 Å². The highest BCUT2D eigenvalue weighted by molar-refractivity contribution is 5.75. The highest BCUT2D eigenvalue weighted by Gasteiger charge is 2.12. The molecule has 0 heterocycles. The number of carboxylic acid groups (broad SMARTS) is 1. The first-order valence-electron chi connectivity index (χ1n) is 4.38. The molecule has 2 unspecified atom stereocenters. The van der Waals surface area contributed by atoms with Crippen molar-refractivity contribution >= 4 is 12.0 Å². The van der Waals surface area contributed by atoms with Gasteiger partial charge < -0.3 is 20.8 Å². The summed E-state index contributed by atoms with van der Waals surface area (Å²) in [7, 11) is 0. The molecule has 0 aromatic carbocycles. The third-order valence-corrected chi connectivity index (χ3v) is 1.59. The zero-order chi connectivity index (χ0) is 11.8. The van der Waals surface area contributed by atoms with E-state index in [4.69, 9.17) is 16.6 Å². The summed E-state index contributed by atoms with van der Waals surface area (Å²) < 4.78 is 0. The monoisotopic (exact) mass is 214 g/mol. The predicted octanol–water partition coefficient (Wildman–Crippen LogP) is -0.857. The van der Waals surface area contributed by atoms with Gasteiger partial charge in [0, 0.05) is 13.0 Å². The van der Waals surface area contributed by atoms with E-state index in [0.717, 1.165) is 0 Å². The van der Waals surface area contributed by atoms with E-state index in [1.165, 1.54) is 0 Å². The minimum atomic E-state index is -1.46. The molecule has 6 nitrogen and oxygen atoms in total. The average Bonchev–Trinajstić information content (AvgIpc) is 2.17. The Balaban J connectivity index is 3.65. The number of terminal acetylenes is 1. The van der Waals surface area contributed by atoms with E-state index in [9.17, 15) is 9.59 Å². The molecule has 0 radical (unpaired) electrons. The SMILES string of the molecule is C#CC(C)NC(=O)NCCC(O)C(=O)O. The molecule has 84 valence electrons. The molecule has 0 saturated heterocycles. The molecule has 0 saturated carbocycles. The van der Waals surface area contributed by atoms with Crippen LogP contribution in [0, 0.1) is 12.3 Å². The summed E-state index contributed by atoms with van der Waals surface area (Å²) in [6, 6.07) is -0.882. The number of aliphatic hydroxyl groups excluding tert-OH is 1. The number of hydrogen-bond donors (Lipinski definition) is 4. The number of carbonyl (C=O) groups is 2. The van der Waals surface area contributed by atoms with Gasteiger partial charge in [0.05, 0.1) is 6.04 Å². The van der Waals surface area contributed by atoms with Crippen LogP contribution in [0.5, 0.6) is 0 Å². The number of carboxylic acids is 1. The molecule has 15 heavy (non-hydrogen) atoms. The summed E-state index contributed by atoms with van der Waals surface area (Å²) >= 11 is 0. The maximum absolute atomic E-state index is 11.0. The Kier molecular flexibility index (Phi) is 5.90. The van der Waals surface area contributed by atoms with E-state index in [1.54, 1.807) is 6.92 Å². The van der Waals surface area contributed by atoms with Crippen molar-refractivity contribution in [1.29, 1.82) is 0 Å². The van der Waals surface area contributed by atoms with E-state index < -0.39 is 24.1 Å². The van der Waals surface area contributed by atoms with Gasteiger partial charge >= 0.3 is 12.0 Å². The van der Waals surface area contributed by atoms with Crippen LogP contribution in [-0.4, -0.2) is 40.9 Å². The minimum Gasteiger partial charge on any atom is -0.479 e. The van der Waals surface area contributed by atoms with Gasteiger partial charge in [0.1, 0.15) is 0 Å². The summed E-state index contributed by atoms with van der Waals surface area (Å²) in [6.45, 7) is 1.70. The van der Waals surface area contributed by atoms with Crippen LogP contribution in [0.4, 0.5) is 4.79 Å². The van der Waals surface area contributed by atoms with Gasteiger partial charge in [-0.3, -0.25) is 0 Å². The molecule has 0 aliphatic rings. The van der Waals surface area contributed by atoms with Crippen LogP contribution in [0.2, 0.25) is 0 Å². The lowest BCUT2D eigenvalue weighted by Crippen LogP contribution is -2.41. The molecule has 0 aromatic heterocycles. The molecule has 0 spiro atoms. The quantitative estimate of drug-likeness (QED) is 0.448. The number of nitrogens with one attached hydrogen (secondary N) is 2. The van der Waals surface area contributed by atoms with Crippen LogP contribution < -0.4 is 10.6 Å². The molecule has 0 rings (SSSR count). The maximum atomic E-state index is 11.0. The topological polar surface area (TPSA) is 98.7 Å². The summed E-state index contributed by atoms with van der Waals surface area (Å²) in [5.41, 5.74) is 0. The molecule has 4 N–H and O–H groups in total. The van der Waals surface area contributed by atoms with Gasteiger partial charge in [0.15, 0.2) is 6.10 Å². The zero-order valence-corrected chi connectivity index (χ0v) is 8.36. The smallest absolute Gasteiger partial charge is 0.332 e. The zero-order valence-electron chi connectivity index (χ0n) is 8.36. The number of rotatable bonds is 5. The molecular formula is C9H14N2O4. The fourth-order valence-electron chi connectivity index (χ4n) is 0.735. The standard InChI is InChI=1S/C9H14N2O4/c1-3-6(2)11-9(15)10-5-4-7(12)8(13)14/h1,6-7,12H,4-5H2,2H3,(H,13,14)(H2,10,11,15). The van der Waals surface area contributed by atoms with Crippen molar-refractivity contribution in [3.05, 3.63) is 0 Å². The molecule has 0 bridgehead atoms. The number of urea groups is 1. The van der Waals surface area contributed by atoms with E-state index in [2.05, 4.69) is 16.6 Å². The first-order valence-corrected chi connectivity index (χ1v) is 4.38. The summed E-state index contributed by atoms with van der Waals surface area (Å²) in [4.78, 5) is 21.2. The molecule has 0 fully saturated rings. The van der Waals surface area contributed by atoms with Crippen molar-refractivity contribution in [2.75, 3.05) is 6.54 Å². The second-order valence-electron chi connectivity index (χ2n) is 2.93. The van der Waals surface area contributed by atoms with Crippen LogP contribution in [0.3, 0.4) is 0 Å². The second kappa shape index (κ2) is 6.68. The van der Waals surface area contributed by atoms with E-state index >= 15 is 0 Å². The fourth-order valence-corrected chi connectivity index (χ4v) is 0.735. The van der Waals surface area contributed by atoms with Gasteiger partial charge in [-0.1, -0.05) is 5.92 Å². The van der Waals surface area contributed by atoms with Gasteiger partial charge in [-0.25, -0.2) is 9.59 Å². The lowest BCUT2D eigenvalue weighted by molar-refractivity contribution is -0.146. The van der Waals surface area contributed by atoms with E-state index in [1.807, 2.05) is 0 Å². The number of carbonyl (C=O) groups excluding carboxylic acids is 1. The Labute approximate surface area is 87.7 Å². The predicted molar refractivity (Wildman–Crippen MR) is 53.1 cm³/mol. The third kappa shape index (κ3) is 6.35. The normalized spacial score (nSPS) is 13.4. The summed E-state index contributed by atoms with van der Waals surface area (Å²) in [5.74, 6) is 0.987. The van der Waals surface area contributed by atoms with Crippen LogP contribution in [0.25, 0.3) is 0 Å². The molecule has 6 heteroatoms. The number of amides is 2. The second-order valence-corrected chi connectivity index (χ2v) is 2.93. The first-order chi connectivity index (χ1) is 6.97. The molecule has 0 aromatic rings. The van der Waals surface area contributed by atoms with Crippen molar-refractivity contribution in [1.82, 2.24) is 10.6 Å². The fraction of sp³-hybridized carbons (Fsp3) is 0.556. The Morgan fingerprint density at radius 1 is 1.53 bits per heavy atom. The van der Waals surface area contributed by atoms with Gasteiger partial charge in [0.2, 0.25) is 0 Å². The molecule has 2 atom stereocenters. The summed E-state index contributed by atoms with van der Waals surface area (Å²) in [5, 5.41) is 22.0. The Morgan fingerprint density at radius 3 is 2.60 bits per heavy atom. The molecular weight excluding hydrogens is 200 g/mol. The highest BCUT2D eigenvalue weighted by Crippen LogP contribution is 1.89. The third-order valence-electron chi connectivity index (χ3n) is 1.59. The van der Waals surface area contributed by atoms with Crippen molar-refractivity contribution in [2.24, 2.45) is 0 Å². The number of hydrogen-bond acceptors (Lipinski definition) is 3. The number of aliphatic hydroxyl groups is 1. The first kappa shape index (κ1) is 13.3. The molecule has 2 amide bonds. The summed E-state index contributed by atoms with van der Waals surface area (Å²) in [6.07, 6.45) is 3.52. The largest absolute Gasteiger partial charge is 0.479 e. The lowest BCUT2D eigenvalue weighted by Gasteiger charge is -2.10. The van der Waals surface area contributed by atoms with Gasteiger partial charge in [0.25, 0.3) is 0 Å². The Morgan fingerprint density at radius 2 is 2.13 bits per heavy atom. The van der Waals surface area contributed by atoms with Crippen LogP contribution in [-0.2, 0) is 4.79 Å². The van der Waals surface area contributed by atoms with E-state index in [-0.39, 0.29) is 13.0 Å². The van der Waals surface area contributed by atoms with Crippen molar-refractivity contribution in [3.63, 3.8) is 0 Å². The van der Waals surface area contributed by atoms with Crippen molar-refractivity contribution in [2.45, 2.75) is 25.5 Å². The van der Waals surface area contributed by atoms with Gasteiger partial charge in [-0.2, -0.15) is 0 Å². The molecule has 0 aliphatic heterocycles. The minimum absolute atomic E-state index is 0.0484.